The van der Waals surface area contributed by atoms with Crippen LogP contribution in [-0.4, -0.2) is 24.6 Å². The van der Waals surface area contributed by atoms with Crippen LogP contribution in [0.25, 0.3) is 0 Å². The van der Waals surface area contributed by atoms with Gasteiger partial charge in [0.15, 0.2) is 0 Å². The molecule has 0 bridgehead atoms. The monoisotopic (exact) mass is 344 g/mol. The number of fused-ring (bicyclic) bond motifs is 2. The summed E-state index contributed by atoms with van der Waals surface area (Å²) in [5.41, 5.74) is 2.17. The molecule has 0 atom stereocenters. The first-order valence-corrected chi connectivity index (χ1v) is 8.65. The van der Waals surface area contributed by atoms with E-state index in [-0.39, 0.29) is 11.8 Å². The predicted octanol–water partition coefficient (Wildman–Crippen LogP) is 3.69. The molecule has 6 heteroatoms. The Morgan fingerprint density at radius 1 is 1.22 bits per heavy atom. The van der Waals surface area contributed by atoms with Crippen LogP contribution in [0.2, 0.25) is 0 Å². The van der Waals surface area contributed by atoms with Crippen molar-refractivity contribution in [1.29, 1.82) is 0 Å². The minimum absolute atomic E-state index is 0.0503. The fourth-order valence-corrected chi connectivity index (χ4v) is 3.70. The van der Waals surface area contributed by atoms with Gasteiger partial charge in [-0.15, -0.1) is 0 Å². The number of carbonyl (C=O) groups excluding carboxylic acids is 2. The topological polar surface area (TPSA) is 49.4 Å². The van der Waals surface area contributed by atoms with Gasteiger partial charge in [-0.2, -0.15) is 12.6 Å². The summed E-state index contributed by atoms with van der Waals surface area (Å²) in [5, 5.41) is 2.83. The van der Waals surface area contributed by atoms with Crippen LogP contribution >= 0.6 is 24.4 Å². The number of hydrogen-bond acceptors (Lipinski definition) is 4. The molecule has 3 rings (SSSR count). The highest BCUT2D eigenvalue weighted by Crippen LogP contribution is 2.41. The lowest BCUT2D eigenvalue weighted by molar-refractivity contribution is -0.115. The Morgan fingerprint density at radius 3 is 2.78 bits per heavy atom. The van der Waals surface area contributed by atoms with Gasteiger partial charge in [0, 0.05) is 28.9 Å². The fourth-order valence-electron chi connectivity index (χ4n) is 2.41. The summed E-state index contributed by atoms with van der Waals surface area (Å²) in [6, 6.07) is 13.2. The SMILES string of the molecule is CN1C(=O)c2ccccc2Sc2ccc(NC(=O)CCS)cc21. The molecule has 1 aliphatic heterocycles. The van der Waals surface area contributed by atoms with Crippen molar-refractivity contribution in [2.24, 2.45) is 0 Å². The fraction of sp³-hybridized carbons (Fsp3) is 0.176. The van der Waals surface area contributed by atoms with Crippen molar-refractivity contribution in [3.8, 4) is 0 Å². The number of carbonyl (C=O) groups is 2. The summed E-state index contributed by atoms with van der Waals surface area (Å²) in [6.07, 6.45) is 0.356. The molecule has 2 amide bonds. The van der Waals surface area contributed by atoms with Crippen LogP contribution in [0.3, 0.4) is 0 Å². The zero-order valence-electron chi connectivity index (χ0n) is 12.6. The Balaban J connectivity index is 1.97. The van der Waals surface area contributed by atoms with Gasteiger partial charge in [-0.05, 0) is 36.1 Å². The van der Waals surface area contributed by atoms with Crippen molar-refractivity contribution in [2.75, 3.05) is 23.0 Å². The second kappa shape index (κ2) is 6.68. The lowest BCUT2D eigenvalue weighted by atomic mass is 10.2. The zero-order chi connectivity index (χ0) is 16.4. The summed E-state index contributed by atoms with van der Waals surface area (Å²) in [6.45, 7) is 0. The highest BCUT2D eigenvalue weighted by atomic mass is 32.2. The Kier molecular flexibility index (Phi) is 4.63. The van der Waals surface area contributed by atoms with Crippen LogP contribution in [0.4, 0.5) is 11.4 Å². The minimum atomic E-state index is -0.0847. The molecule has 23 heavy (non-hydrogen) atoms. The number of amides is 2. The van der Waals surface area contributed by atoms with Crippen LogP contribution in [-0.2, 0) is 4.79 Å². The molecule has 0 saturated carbocycles. The molecule has 2 aromatic carbocycles. The zero-order valence-corrected chi connectivity index (χ0v) is 14.3. The van der Waals surface area contributed by atoms with E-state index in [1.54, 1.807) is 23.7 Å². The van der Waals surface area contributed by atoms with E-state index in [2.05, 4.69) is 17.9 Å². The third kappa shape index (κ3) is 3.23. The number of hydrogen-bond donors (Lipinski definition) is 2. The number of nitrogens with one attached hydrogen (secondary N) is 1. The van der Waals surface area contributed by atoms with Gasteiger partial charge in [0.2, 0.25) is 5.91 Å². The highest BCUT2D eigenvalue weighted by molar-refractivity contribution is 7.99. The second-order valence-corrected chi connectivity index (χ2v) is 6.70. The summed E-state index contributed by atoms with van der Waals surface area (Å²) in [7, 11) is 1.75. The van der Waals surface area contributed by atoms with Crippen LogP contribution in [0, 0.1) is 0 Å². The van der Waals surface area contributed by atoms with Crippen molar-refractivity contribution >= 4 is 47.6 Å². The molecule has 2 aromatic rings. The molecule has 4 nitrogen and oxygen atoms in total. The molecular formula is C17H16N2O2S2. The van der Waals surface area contributed by atoms with E-state index in [0.717, 1.165) is 15.5 Å². The molecule has 0 aromatic heterocycles. The first-order valence-electron chi connectivity index (χ1n) is 7.20. The molecule has 118 valence electrons. The Bertz CT molecular complexity index is 777. The Labute approximate surface area is 144 Å². The van der Waals surface area contributed by atoms with Gasteiger partial charge in [0.1, 0.15) is 0 Å². The van der Waals surface area contributed by atoms with Gasteiger partial charge in [-0.25, -0.2) is 0 Å². The molecule has 0 radical (unpaired) electrons. The van der Waals surface area contributed by atoms with Crippen LogP contribution in [0.5, 0.6) is 0 Å². The van der Waals surface area contributed by atoms with Crippen molar-refractivity contribution in [3.05, 3.63) is 48.0 Å². The maximum absolute atomic E-state index is 12.7. The average Bonchev–Trinajstić information content (AvgIpc) is 2.65. The second-order valence-electron chi connectivity index (χ2n) is 5.17. The lowest BCUT2D eigenvalue weighted by Gasteiger charge is -2.18. The van der Waals surface area contributed by atoms with E-state index in [0.29, 0.717) is 23.4 Å². The highest BCUT2D eigenvalue weighted by Gasteiger charge is 2.24. The van der Waals surface area contributed by atoms with Gasteiger partial charge in [-0.1, -0.05) is 23.9 Å². The third-order valence-electron chi connectivity index (χ3n) is 3.58. The minimum Gasteiger partial charge on any atom is -0.326 e. The molecule has 0 fully saturated rings. The quantitative estimate of drug-likeness (QED) is 0.835. The molecular weight excluding hydrogens is 328 g/mol. The average molecular weight is 344 g/mol. The molecule has 1 heterocycles. The smallest absolute Gasteiger partial charge is 0.259 e. The normalized spacial score (nSPS) is 13.1. The van der Waals surface area contributed by atoms with Crippen molar-refractivity contribution < 1.29 is 9.59 Å². The first kappa shape index (κ1) is 16.0. The van der Waals surface area contributed by atoms with E-state index < -0.39 is 0 Å². The standard InChI is InChI=1S/C17H16N2O2S2/c1-19-13-10-11(18-16(20)8-9-22)6-7-15(13)23-14-5-3-2-4-12(14)17(19)21/h2-7,10,22H,8-9H2,1H3,(H,18,20). The largest absolute Gasteiger partial charge is 0.326 e. The van der Waals surface area contributed by atoms with E-state index in [1.807, 2.05) is 42.5 Å². The van der Waals surface area contributed by atoms with E-state index in [9.17, 15) is 9.59 Å². The van der Waals surface area contributed by atoms with Crippen LogP contribution in [0.1, 0.15) is 16.8 Å². The van der Waals surface area contributed by atoms with Crippen LogP contribution < -0.4 is 10.2 Å². The van der Waals surface area contributed by atoms with Gasteiger partial charge < -0.3 is 10.2 Å². The van der Waals surface area contributed by atoms with E-state index in [1.165, 1.54) is 0 Å². The molecule has 0 aliphatic carbocycles. The van der Waals surface area contributed by atoms with Gasteiger partial charge >= 0.3 is 0 Å². The summed E-state index contributed by atoms with van der Waals surface area (Å²) >= 11 is 5.62. The maximum atomic E-state index is 12.7. The third-order valence-corrected chi connectivity index (χ3v) is 4.95. The Morgan fingerprint density at radius 2 is 2.00 bits per heavy atom. The summed E-state index contributed by atoms with van der Waals surface area (Å²) in [5.74, 6) is 0.365. The molecule has 1 aliphatic rings. The molecule has 0 saturated heterocycles. The summed E-state index contributed by atoms with van der Waals surface area (Å²) in [4.78, 5) is 27.9. The van der Waals surface area contributed by atoms with Crippen molar-refractivity contribution in [3.63, 3.8) is 0 Å². The number of rotatable bonds is 3. The number of thiol groups is 1. The van der Waals surface area contributed by atoms with Gasteiger partial charge in [0.25, 0.3) is 5.91 Å². The lowest BCUT2D eigenvalue weighted by Crippen LogP contribution is -2.26. The maximum Gasteiger partial charge on any atom is 0.259 e. The number of anilines is 2. The van der Waals surface area contributed by atoms with E-state index >= 15 is 0 Å². The Hall–Kier alpha value is -1.92. The van der Waals surface area contributed by atoms with Crippen molar-refractivity contribution in [2.45, 2.75) is 16.2 Å². The van der Waals surface area contributed by atoms with Gasteiger partial charge in [0.05, 0.1) is 11.3 Å². The predicted molar refractivity (Wildman–Crippen MR) is 96.8 cm³/mol. The number of nitrogens with zero attached hydrogens (tertiary/aromatic N) is 1. The van der Waals surface area contributed by atoms with Crippen molar-refractivity contribution in [1.82, 2.24) is 0 Å². The van der Waals surface area contributed by atoms with Crippen LogP contribution in [0.15, 0.2) is 52.3 Å². The molecule has 0 spiro atoms. The van der Waals surface area contributed by atoms with Gasteiger partial charge in [-0.3, -0.25) is 9.59 Å². The molecule has 1 N–H and O–H groups in total. The number of benzene rings is 2. The molecule has 0 unspecified atom stereocenters. The van der Waals surface area contributed by atoms with E-state index in [4.69, 9.17) is 0 Å². The summed E-state index contributed by atoms with van der Waals surface area (Å²) < 4.78 is 0. The first-order chi connectivity index (χ1) is 11.1.